The van der Waals surface area contributed by atoms with Gasteiger partial charge in [0.1, 0.15) is 10.5 Å². The van der Waals surface area contributed by atoms with Gasteiger partial charge in [-0.1, -0.05) is 17.7 Å². The average molecular weight is 493 g/mol. The van der Waals surface area contributed by atoms with Crippen molar-refractivity contribution in [2.45, 2.75) is 34.2 Å². The summed E-state index contributed by atoms with van der Waals surface area (Å²) in [6.07, 6.45) is 1.51. The van der Waals surface area contributed by atoms with Gasteiger partial charge in [-0.3, -0.25) is 18.6 Å². The third-order valence-electron chi connectivity index (χ3n) is 6.20. The molecule has 4 aromatic heterocycles. The Morgan fingerprint density at radius 1 is 0.971 bits per heavy atom. The Morgan fingerprint density at radius 3 is 2.47 bits per heavy atom. The third-order valence-corrected chi connectivity index (χ3v) is 7.65. The number of hydrogen-bond acceptors (Lipinski definition) is 5. The second-order valence-electron chi connectivity index (χ2n) is 8.40. The van der Waals surface area contributed by atoms with Crippen molar-refractivity contribution in [2.75, 3.05) is 0 Å². The molecule has 0 aliphatic rings. The highest BCUT2D eigenvalue weighted by atomic mass is 35.5. The quantitative estimate of drug-likeness (QED) is 0.379. The molecule has 7 nitrogen and oxygen atoms in total. The summed E-state index contributed by atoms with van der Waals surface area (Å²) in [5.74, 6) is 0. The highest BCUT2D eigenvalue weighted by Gasteiger charge is 2.20. The molecule has 0 atom stereocenters. The predicted molar refractivity (Wildman–Crippen MR) is 136 cm³/mol. The number of rotatable bonds is 3. The summed E-state index contributed by atoms with van der Waals surface area (Å²) in [6.45, 7) is 7.79. The van der Waals surface area contributed by atoms with Crippen LogP contribution in [0.3, 0.4) is 0 Å². The van der Waals surface area contributed by atoms with Gasteiger partial charge in [-0.25, -0.2) is 14.3 Å². The summed E-state index contributed by atoms with van der Waals surface area (Å²) in [6, 6.07) is 10.2. The van der Waals surface area contributed by atoms with Gasteiger partial charge in [0.25, 0.3) is 11.1 Å². The predicted octanol–water partition coefficient (Wildman–Crippen LogP) is 4.16. The summed E-state index contributed by atoms with van der Waals surface area (Å²) in [5.41, 5.74) is 3.14. The van der Waals surface area contributed by atoms with Crippen LogP contribution in [-0.2, 0) is 6.54 Å². The van der Waals surface area contributed by atoms with Crippen LogP contribution in [0.2, 0.25) is 5.02 Å². The molecule has 1 aromatic carbocycles. The van der Waals surface area contributed by atoms with E-state index in [1.807, 2.05) is 39.8 Å². The Labute approximate surface area is 203 Å². The first-order valence-corrected chi connectivity index (χ1v) is 11.9. The van der Waals surface area contributed by atoms with Gasteiger partial charge < -0.3 is 0 Å². The Bertz CT molecular complexity index is 1810. The van der Waals surface area contributed by atoms with E-state index >= 15 is 0 Å². The number of fused-ring (bicyclic) bond motifs is 2. The molecule has 0 aliphatic carbocycles. The Kier molecular flexibility index (Phi) is 5.30. The fourth-order valence-electron chi connectivity index (χ4n) is 4.06. The van der Waals surface area contributed by atoms with E-state index in [0.717, 1.165) is 21.6 Å². The maximum Gasteiger partial charge on any atom is 0.337 e. The number of pyridine rings is 1. The van der Waals surface area contributed by atoms with Gasteiger partial charge in [-0.15, -0.1) is 11.3 Å². The minimum absolute atomic E-state index is 0.0498. The van der Waals surface area contributed by atoms with E-state index in [4.69, 9.17) is 11.6 Å². The van der Waals surface area contributed by atoms with Crippen LogP contribution in [0.25, 0.3) is 21.6 Å². The molecule has 34 heavy (non-hydrogen) atoms. The molecule has 0 aliphatic heterocycles. The van der Waals surface area contributed by atoms with Gasteiger partial charge in [0.15, 0.2) is 0 Å². The standard InChI is InChI=1S/C25H21ClN4O3S/c1-13-5-7-19(9-14(13)2)30-23(32)22-15(3)16(4)34-24(22)29(25(30)33)12-18-10-21(31)28-11-17(26)6-8-20(28)27-18/h5-11H,12H2,1-4H3. The topological polar surface area (TPSA) is 78.4 Å². The Balaban J connectivity index is 1.80. The van der Waals surface area contributed by atoms with E-state index in [9.17, 15) is 14.4 Å². The highest BCUT2D eigenvalue weighted by molar-refractivity contribution is 7.18. The van der Waals surface area contributed by atoms with Crippen molar-refractivity contribution >= 4 is 38.8 Å². The van der Waals surface area contributed by atoms with E-state index < -0.39 is 5.69 Å². The number of nitrogens with zero attached hydrogens (tertiary/aromatic N) is 4. The lowest BCUT2D eigenvalue weighted by Crippen LogP contribution is -2.39. The zero-order valence-electron chi connectivity index (χ0n) is 19.0. The van der Waals surface area contributed by atoms with Crippen LogP contribution in [0.5, 0.6) is 0 Å². The first kappa shape index (κ1) is 22.3. The fraction of sp³-hybridized carbons (Fsp3) is 0.200. The molecule has 0 radical (unpaired) electrons. The van der Waals surface area contributed by atoms with E-state index in [2.05, 4.69) is 4.98 Å². The molecule has 0 saturated heterocycles. The van der Waals surface area contributed by atoms with E-state index in [-0.39, 0.29) is 17.7 Å². The lowest BCUT2D eigenvalue weighted by molar-refractivity contribution is 0.704. The number of aromatic nitrogens is 4. The van der Waals surface area contributed by atoms with Crippen LogP contribution in [0.4, 0.5) is 0 Å². The summed E-state index contributed by atoms with van der Waals surface area (Å²) in [5, 5.41) is 0.928. The van der Waals surface area contributed by atoms with Gasteiger partial charge in [-0.05, 0) is 68.7 Å². The van der Waals surface area contributed by atoms with Gasteiger partial charge in [-0.2, -0.15) is 0 Å². The normalized spacial score (nSPS) is 11.6. The molecule has 5 aromatic rings. The largest absolute Gasteiger partial charge is 0.337 e. The second kappa shape index (κ2) is 8.07. The third kappa shape index (κ3) is 3.50. The molecule has 0 saturated carbocycles. The van der Waals surface area contributed by atoms with E-state index in [1.54, 1.807) is 18.2 Å². The SMILES string of the molecule is Cc1ccc(-n2c(=O)c3c(C)c(C)sc3n(Cc3cc(=O)n4cc(Cl)ccc4n3)c2=O)cc1C. The molecule has 0 fully saturated rings. The smallest absolute Gasteiger partial charge is 0.278 e. The lowest BCUT2D eigenvalue weighted by Gasteiger charge is -2.13. The number of hydrogen-bond donors (Lipinski definition) is 0. The molecular weight excluding hydrogens is 472 g/mol. The molecular formula is C25H21ClN4O3S. The fourth-order valence-corrected chi connectivity index (χ4v) is 5.36. The van der Waals surface area contributed by atoms with Crippen LogP contribution < -0.4 is 16.8 Å². The molecule has 0 spiro atoms. The van der Waals surface area contributed by atoms with Crippen molar-refractivity contribution < 1.29 is 0 Å². The summed E-state index contributed by atoms with van der Waals surface area (Å²) >= 11 is 7.40. The first-order chi connectivity index (χ1) is 16.2. The van der Waals surface area contributed by atoms with Crippen LogP contribution in [-0.4, -0.2) is 18.5 Å². The zero-order chi connectivity index (χ0) is 24.3. The van der Waals surface area contributed by atoms with Crippen molar-refractivity contribution in [3.63, 3.8) is 0 Å². The molecule has 0 unspecified atom stereocenters. The summed E-state index contributed by atoms with van der Waals surface area (Å²) < 4.78 is 4.10. The van der Waals surface area contributed by atoms with E-state index in [1.165, 1.54) is 37.1 Å². The minimum atomic E-state index is -0.472. The monoisotopic (exact) mass is 492 g/mol. The van der Waals surface area contributed by atoms with Crippen molar-refractivity contribution in [1.29, 1.82) is 0 Å². The van der Waals surface area contributed by atoms with Crippen LogP contribution in [0, 0.1) is 27.7 Å². The number of thiophene rings is 1. The maximum absolute atomic E-state index is 13.7. The molecule has 0 bridgehead atoms. The minimum Gasteiger partial charge on any atom is -0.278 e. The average Bonchev–Trinajstić information content (AvgIpc) is 3.08. The van der Waals surface area contributed by atoms with Crippen LogP contribution >= 0.6 is 22.9 Å². The maximum atomic E-state index is 13.7. The Hall–Kier alpha value is -3.49. The second-order valence-corrected chi connectivity index (χ2v) is 10.0. The van der Waals surface area contributed by atoms with Crippen molar-refractivity contribution in [3.05, 3.63) is 106 Å². The molecule has 9 heteroatoms. The molecule has 0 amide bonds. The summed E-state index contributed by atoms with van der Waals surface area (Å²) in [4.78, 5) is 46.0. The molecule has 5 rings (SSSR count). The van der Waals surface area contributed by atoms with Crippen molar-refractivity contribution in [2.24, 2.45) is 0 Å². The van der Waals surface area contributed by atoms with Crippen molar-refractivity contribution in [3.8, 4) is 5.69 Å². The number of aryl methyl sites for hydroxylation is 4. The number of benzene rings is 1. The summed E-state index contributed by atoms with van der Waals surface area (Å²) in [7, 11) is 0. The molecule has 0 N–H and O–H groups in total. The lowest BCUT2D eigenvalue weighted by atomic mass is 10.1. The molecule has 172 valence electrons. The highest BCUT2D eigenvalue weighted by Crippen LogP contribution is 2.27. The Morgan fingerprint density at radius 2 is 1.74 bits per heavy atom. The van der Waals surface area contributed by atoms with Crippen LogP contribution in [0.15, 0.2) is 57.0 Å². The van der Waals surface area contributed by atoms with Crippen LogP contribution in [0.1, 0.15) is 27.3 Å². The van der Waals surface area contributed by atoms with Gasteiger partial charge in [0.05, 0.1) is 28.3 Å². The number of halogens is 1. The zero-order valence-corrected chi connectivity index (χ0v) is 20.6. The van der Waals surface area contributed by atoms with Crippen molar-refractivity contribution in [1.82, 2.24) is 18.5 Å². The van der Waals surface area contributed by atoms with Gasteiger partial charge in [0.2, 0.25) is 0 Å². The van der Waals surface area contributed by atoms with E-state index in [0.29, 0.717) is 32.3 Å². The van der Waals surface area contributed by atoms with Gasteiger partial charge >= 0.3 is 5.69 Å². The molecule has 4 heterocycles. The first-order valence-electron chi connectivity index (χ1n) is 10.7. The van der Waals surface area contributed by atoms with Gasteiger partial charge in [0, 0.05) is 17.1 Å².